The lowest BCUT2D eigenvalue weighted by atomic mass is 9.93. The number of hydrogen-bond acceptors (Lipinski definition) is 11. The van der Waals surface area contributed by atoms with Crippen LogP contribution in [0, 0.1) is 17.2 Å². The number of aryl methyl sites for hydroxylation is 2. The molecule has 3 aromatic rings. The van der Waals surface area contributed by atoms with Gasteiger partial charge in [-0.3, -0.25) is 43.8 Å². The highest BCUT2D eigenvalue weighted by Gasteiger charge is 2.36. The Bertz CT molecular complexity index is 2120. The predicted molar refractivity (Wildman–Crippen MR) is 228 cm³/mol. The monoisotopic (exact) mass is 891 g/mol. The van der Waals surface area contributed by atoms with Gasteiger partial charge in [-0.1, -0.05) is 36.8 Å². The highest BCUT2D eigenvalue weighted by Crippen LogP contribution is 2.38. The van der Waals surface area contributed by atoms with E-state index in [-0.39, 0.29) is 79.9 Å². The minimum atomic E-state index is -4.74. The van der Waals surface area contributed by atoms with Crippen molar-refractivity contribution in [3.8, 4) is 22.9 Å². The first kappa shape index (κ1) is 47.9. The van der Waals surface area contributed by atoms with Gasteiger partial charge in [0.25, 0.3) is 0 Å². The summed E-state index contributed by atoms with van der Waals surface area (Å²) in [6.45, 7) is 3.49. The van der Waals surface area contributed by atoms with Crippen LogP contribution in [0.25, 0.3) is 11.1 Å². The SMILES string of the molecule is N#Cc1c(-c2ccccc2)ccnc1CCc1cc(OCC2CCN(C(=O)CN3CCN(CC(=O)O)CCN(CC(=O)O)CC3)CC2)c(CN2CCCC[C@H]2C(=O)O)cc1C(F)(F)F. The number of amides is 1. The number of piperidine rings is 2. The van der Waals surface area contributed by atoms with Crippen molar-refractivity contribution in [3.05, 3.63) is 82.7 Å². The molecule has 0 bridgehead atoms. The van der Waals surface area contributed by atoms with Gasteiger partial charge < -0.3 is 25.0 Å². The highest BCUT2D eigenvalue weighted by atomic mass is 19.4. The molecule has 15 nitrogen and oxygen atoms in total. The van der Waals surface area contributed by atoms with Crippen molar-refractivity contribution in [2.24, 2.45) is 5.92 Å². The van der Waals surface area contributed by atoms with Crippen LogP contribution in [-0.2, 0) is 44.7 Å². The number of carboxylic acid groups (broad SMARTS) is 3. The Balaban J connectivity index is 1.16. The number of carboxylic acids is 3. The number of likely N-dealkylation sites (tertiary alicyclic amines) is 2. The zero-order valence-corrected chi connectivity index (χ0v) is 35.8. The van der Waals surface area contributed by atoms with Gasteiger partial charge in [0.1, 0.15) is 17.9 Å². The summed E-state index contributed by atoms with van der Waals surface area (Å²) in [6, 6.07) is 14.8. The quantitative estimate of drug-likeness (QED) is 0.181. The summed E-state index contributed by atoms with van der Waals surface area (Å²) in [5.41, 5.74) is 1.40. The number of carbonyl (C=O) groups is 4. The second kappa shape index (κ2) is 22.3. The lowest BCUT2D eigenvalue weighted by molar-refractivity contribution is -0.145. The van der Waals surface area contributed by atoms with E-state index in [1.54, 1.807) is 31.9 Å². The number of benzene rings is 2. The van der Waals surface area contributed by atoms with E-state index in [0.29, 0.717) is 102 Å². The molecule has 0 saturated carbocycles. The zero-order valence-electron chi connectivity index (χ0n) is 35.8. The van der Waals surface area contributed by atoms with Crippen molar-refractivity contribution >= 4 is 23.8 Å². The molecule has 3 aliphatic heterocycles. The zero-order chi connectivity index (χ0) is 45.8. The number of pyridine rings is 1. The van der Waals surface area contributed by atoms with Crippen LogP contribution in [0.1, 0.15) is 60.1 Å². The third-order valence-electron chi connectivity index (χ3n) is 12.4. The molecule has 2 aromatic carbocycles. The largest absolute Gasteiger partial charge is 0.493 e. The van der Waals surface area contributed by atoms with E-state index in [9.17, 15) is 52.9 Å². The molecule has 3 aliphatic rings. The summed E-state index contributed by atoms with van der Waals surface area (Å²) >= 11 is 0. The molecular weight excluding hydrogens is 836 g/mol. The van der Waals surface area contributed by atoms with Crippen LogP contribution in [-0.4, -0.2) is 160 Å². The fourth-order valence-corrected chi connectivity index (χ4v) is 8.89. The van der Waals surface area contributed by atoms with Crippen molar-refractivity contribution < 1.29 is 52.4 Å². The van der Waals surface area contributed by atoms with Gasteiger partial charge in [-0.15, -0.1) is 0 Å². The van der Waals surface area contributed by atoms with Gasteiger partial charge in [-0.2, -0.15) is 18.4 Å². The Labute approximate surface area is 370 Å². The second-order valence-electron chi connectivity index (χ2n) is 16.8. The minimum absolute atomic E-state index is 0.0343. The number of rotatable bonds is 16. The molecule has 1 atom stereocenters. The summed E-state index contributed by atoms with van der Waals surface area (Å²) in [7, 11) is 0. The molecular formula is C46H56F3N7O8. The first-order valence-corrected chi connectivity index (χ1v) is 21.8. The number of aliphatic carboxylic acids is 3. The van der Waals surface area contributed by atoms with Crippen LogP contribution >= 0.6 is 0 Å². The van der Waals surface area contributed by atoms with Gasteiger partial charge in [0.15, 0.2) is 0 Å². The van der Waals surface area contributed by atoms with Gasteiger partial charge in [-0.25, -0.2) is 0 Å². The number of halogens is 3. The molecule has 1 amide bonds. The molecule has 1 aromatic heterocycles. The maximum Gasteiger partial charge on any atom is 0.416 e. The van der Waals surface area contributed by atoms with E-state index in [4.69, 9.17) is 4.74 Å². The Morgan fingerprint density at radius 2 is 1.39 bits per heavy atom. The summed E-state index contributed by atoms with van der Waals surface area (Å²) in [5, 5.41) is 38.9. The Morgan fingerprint density at radius 3 is 1.97 bits per heavy atom. The maximum absolute atomic E-state index is 14.9. The molecule has 6 rings (SSSR count). The van der Waals surface area contributed by atoms with Crippen LogP contribution < -0.4 is 4.74 Å². The van der Waals surface area contributed by atoms with Crippen LogP contribution in [0.4, 0.5) is 13.2 Å². The third-order valence-corrected chi connectivity index (χ3v) is 12.4. The smallest absolute Gasteiger partial charge is 0.416 e. The molecule has 3 N–H and O–H groups in total. The van der Waals surface area contributed by atoms with Gasteiger partial charge in [0.05, 0.1) is 43.1 Å². The molecule has 18 heteroatoms. The van der Waals surface area contributed by atoms with E-state index in [2.05, 4.69) is 11.1 Å². The van der Waals surface area contributed by atoms with E-state index in [1.165, 1.54) is 6.07 Å². The Kier molecular flexibility index (Phi) is 16.7. The maximum atomic E-state index is 14.9. The molecule has 4 heterocycles. The lowest BCUT2D eigenvalue weighted by Crippen LogP contribution is -2.47. The normalized spacial score (nSPS) is 19.0. The van der Waals surface area contributed by atoms with E-state index in [0.717, 1.165) is 11.6 Å². The molecule has 0 radical (unpaired) electrons. The first-order valence-electron chi connectivity index (χ1n) is 21.8. The number of hydrogen-bond donors (Lipinski definition) is 3. The predicted octanol–water partition coefficient (Wildman–Crippen LogP) is 4.57. The molecule has 64 heavy (non-hydrogen) atoms. The van der Waals surface area contributed by atoms with E-state index >= 15 is 0 Å². The fourth-order valence-electron chi connectivity index (χ4n) is 8.89. The number of nitriles is 1. The average molecular weight is 892 g/mol. The molecule has 344 valence electrons. The number of aromatic nitrogens is 1. The summed E-state index contributed by atoms with van der Waals surface area (Å²) in [5.74, 6) is -2.93. The van der Waals surface area contributed by atoms with Gasteiger partial charge in [-0.05, 0) is 80.3 Å². The molecule has 0 spiro atoms. The minimum Gasteiger partial charge on any atom is -0.493 e. The van der Waals surface area contributed by atoms with Crippen LogP contribution in [0.5, 0.6) is 5.75 Å². The molecule has 3 saturated heterocycles. The first-order chi connectivity index (χ1) is 30.7. The molecule has 0 unspecified atom stereocenters. The van der Waals surface area contributed by atoms with Crippen molar-refractivity contribution in [2.45, 2.75) is 63.7 Å². The summed E-state index contributed by atoms with van der Waals surface area (Å²) in [6.07, 6.45) is -0.317. The van der Waals surface area contributed by atoms with Crippen LogP contribution in [0.3, 0.4) is 0 Å². The fraction of sp³-hybridized carbons (Fsp3) is 0.522. The van der Waals surface area contributed by atoms with Crippen molar-refractivity contribution in [1.82, 2.24) is 29.5 Å². The number of nitrogens with zero attached hydrogens (tertiary/aromatic N) is 7. The molecule has 0 aliphatic carbocycles. The van der Waals surface area contributed by atoms with Crippen molar-refractivity contribution in [1.29, 1.82) is 5.26 Å². The number of alkyl halides is 3. The van der Waals surface area contributed by atoms with Gasteiger partial charge >= 0.3 is 24.1 Å². The average Bonchev–Trinajstić information content (AvgIpc) is 3.35. The summed E-state index contributed by atoms with van der Waals surface area (Å²) in [4.78, 5) is 62.0. The summed E-state index contributed by atoms with van der Waals surface area (Å²) < 4.78 is 51.1. The molecule has 3 fully saturated rings. The van der Waals surface area contributed by atoms with E-state index in [1.807, 2.05) is 35.2 Å². The van der Waals surface area contributed by atoms with Crippen LogP contribution in [0.15, 0.2) is 54.7 Å². The van der Waals surface area contributed by atoms with Gasteiger partial charge in [0.2, 0.25) is 5.91 Å². The van der Waals surface area contributed by atoms with Gasteiger partial charge in [0, 0.05) is 76.2 Å². The number of carbonyl (C=O) groups excluding carboxylic acids is 1. The Morgan fingerprint density at radius 1 is 0.766 bits per heavy atom. The highest BCUT2D eigenvalue weighted by molar-refractivity contribution is 5.78. The standard InChI is InChI=1S/C46H56F3N7O8/c47-46(48,49)38-24-35(27-56-15-5-4-8-40(56)45(62)63)41(25-34(38)9-10-39-37(26-50)36(11-14-51-39)33-6-2-1-3-7-33)64-31-32-12-16-55(17-13-32)42(57)28-52-18-20-53(29-43(58)59)22-23-54(21-19-52)30-44(60)61/h1-3,6-7,11,14,24-25,32,40H,4-5,8-10,12-13,15-23,27-31H2,(H,58,59)(H,60,61)(H,62,63)/t40-/m0/s1. The second-order valence-corrected chi connectivity index (χ2v) is 16.8. The lowest BCUT2D eigenvalue weighted by Gasteiger charge is -2.35. The van der Waals surface area contributed by atoms with E-state index < -0.39 is 35.7 Å². The Hall–Kier alpha value is -5.61. The van der Waals surface area contributed by atoms with Crippen molar-refractivity contribution in [3.63, 3.8) is 0 Å². The third kappa shape index (κ3) is 13.2. The van der Waals surface area contributed by atoms with Crippen LogP contribution in [0.2, 0.25) is 0 Å². The topological polar surface area (TPSA) is 191 Å². The number of ether oxygens (including phenoxy) is 1. The van der Waals surface area contributed by atoms with Crippen molar-refractivity contribution in [2.75, 3.05) is 85.1 Å².